The first-order chi connectivity index (χ1) is 14.9. The van der Waals surface area contributed by atoms with E-state index in [0.717, 1.165) is 35.7 Å². The molecule has 1 unspecified atom stereocenters. The SMILES string of the molecule is C=C1CC(C)(C)[C@@H]2CC[C@@H]3[C@]4(CC[C@]5(C)[C@@H]([C@H](C)CCCC(C)C)CC[C@@]35C)C[C@]24C1O. The number of aliphatic hydroxyl groups is 1. The van der Waals surface area contributed by atoms with Crippen LogP contribution in [-0.2, 0) is 0 Å². The molecule has 0 aliphatic heterocycles. The van der Waals surface area contributed by atoms with Gasteiger partial charge in [0.25, 0.3) is 0 Å². The van der Waals surface area contributed by atoms with Crippen LogP contribution in [0, 0.1) is 56.7 Å². The van der Waals surface area contributed by atoms with E-state index < -0.39 is 0 Å². The number of rotatable bonds is 5. The Morgan fingerprint density at radius 2 is 1.59 bits per heavy atom. The molecule has 5 saturated carbocycles. The van der Waals surface area contributed by atoms with E-state index in [1.165, 1.54) is 64.2 Å². The van der Waals surface area contributed by atoms with Crippen molar-refractivity contribution in [2.24, 2.45) is 56.7 Å². The summed E-state index contributed by atoms with van der Waals surface area (Å²) in [5.74, 6) is 4.09. The minimum atomic E-state index is -0.247. The third-order valence-electron chi connectivity index (χ3n) is 13.0. The average Bonchev–Trinajstić information content (AvgIpc) is 3.30. The molecule has 5 fully saturated rings. The lowest BCUT2D eigenvalue weighted by Crippen LogP contribution is -2.58. The lowest BCUT2D eigenvalue weighted by atomic mass is 9.41. The summed E-state index contributed by atoms with van der Waals surface area (Å²) in [6.07, 6.45) is 14.7. The average molecular weight is 441 g/mol. The molecule has 9 atom stereocenters. The van der Waals surface area contributed by atoms with E-state index in [9.17, 15) is 5.11 Å². The molecule has 1 heteroatoms. The normalized spacial score (nSPS) is 52.1. The third-order valence-corrected chi connectivity index (χ3v) is 13.0. The molecule has 0 aromatic rings. The zero-order valence-electron chi connectivity index (χ0n) is 22.4. The molecule has 1 nitrogen and oxygen atoms in total. The van der Waals surface area contributed by atoms with Crippen LogP contribution in [-0.4, -0.2) is 11.2 Å². The van der Waals surface area contributed by atoms with Crippen LogP contribution in [0.15, 0.2) is 12.2 Å². The molecule has 1 N–H and O–H groups in total. The number of fused-ring (bicyclic) bond motifs is 2. The molecule has 0 saturated heterocycles. The van der Waals surface area contributed by atoms with Gasteiger partial charge >= 0.3 is 0 Å². The Morgan fingerprint density at radius 3 is 2.28 bits per heavy atom. The van der Waals surface area contributed by atoms with E-state index in [-0.39, 0.29) is 11.5 Å². The van der Waals surface area contributed by atoms with Gasteiger partial charge < -0.3 is 5.11 Å². The Hall–Kier alpha value is -0.300. The standard InChI is InChI=1S/C31H52O/c1-20(2)10-9-11-21(3)23-14-15-29(8)25-13-12-24-27(5,6)18-22(4)26(32)31(24)19-30(25,31)17-16-28(23,29)7/h20-21,23-26,32H,4,9-19H2,1-3,5-8H3/t21-,23-,24+,25+,26?,28-,29+,30+,31-/m1/s1. The van der Waals surface area contributed by atoms with Crippen molar-refractivity contribution in [3.05, 3.63) is 12.2 Å². The maximum atomic E-state index is 11.6. The minimum absolute atomic E-state index is 0.153. The van der Waals surface area contributed by atoms with E-state index in [0.29, 0.717) is 27.6 Å². The van der Waals surface area contributed by atoms with Gasteiger partial charge in [-0.3, -0.25) is 0 Å². The first kappa shape index (κ1) is 23.4. The van der Waals surface area contributed by atoms with E-state index in [2.05, 4.69) is 55.0 Å². The van der Waals surface area contributed by atoms with Crippen molar-refractivity contribution in [1.82, 2.24) is 0 Å². The Morgan fingerprint density at radius 1 is 0.906 bits per heavy atom. The second kappa shape index (κ2) is 7.11. The molecule has 5 aliphatic carbocycles. The first-order valence-electron chi connectivity index (χ1n) is 14.2. The molecule has 2 spiro atoms. The maximum Gasteiger partial charge on any atom is 0.0812 e. The predicted molar refractivity (Wildman–Crippen MR) is 135 cm³/mol. The molecule has 182 valence electrons. The van der Waals surface area contributed by atoms with Crippen LogP contribution >= 0.6 is 0 Å². The highest BCUT2D eigenvalue weighted by Crippen LogP contribution is 2.89. The van der Waals surface area contributed by atoms with Gasteiger partial charge in [0.1, 0.15) is 0 Å². The van der Waals surface area contributed by atoms with Crippen LogP contribution in [0.25, 0.3) is 0 Å². The molecule has 0 amide bonds. The molecule has 5 aliphatic rings. The zero-order valence-corrected chi connectivity index (χ0v) is 22.4. The predicted octanol–water partition coefficient (Wildman–Crippen LogP) is 8.41. The van der Waals surface area contributed by atoms with Gasteiger partial charge in [0.15, 0.2) is 0 Å². The van der Waals surface area contributed by atoms with Gasteiger partial charge in [-0.1, -0.05) is 74.3 Å². The summed E-state index contributed by atoms with van der Waals surface area (Å²) < 4.78 is 0. The van der Waals surface area contributed by atoms with Gasteiger partial charge in [-0.25, -0.2) is 0 Å². The number of aliphatic hydroxyl groups excluding tert-OH is 1. The molecule has 0 bridgehead atoms. The second-order valence-corrected chi connectivity index (χ2v) is 15.1. The van der Waals surface area contributed by atoms with E-state index >= 15 is 0 Å². The van der Waals surface area contributed by atoms with E-state index in [4.69, 9.17) is 0 Å². The molecule has 0 heterocycles. The summed E-state index contributed by atoms with van der Waals surface area (Å²) in [7, 11) is 0. The molecular weight excluding hydrogens is 388 g/mol. The Kier molecular flexibility index (Phi) is 5.21. The largest absolute Gasteiger partial charge is 0.388 e. The Bertz CT molecular complexity index is 779. The molecule has 32 heavy (non-hydrogen) atoms. The van der Waals surface area contributed by atoms with E-state index in [1.54, 1.807) is 0 Å². The van der Waals surface area contributed by atoms with Crippen LogP contribution in [0.2, 0.25) is 0 Å². The van der Waals surface area contributed by atoms with Gasteiger partial charge in [-0.05, 0) is 108 Å². The summed E-state index contributed by atoms with van der Waals surface area (Å²) in [5.41, 5.74) is 2.95. The van der Waals surface area contributed by atoms with Crippen LogP contribution in [0.3, 0.4) is 0 Å². The molecule has 0 radical (unpaired) electrons. The fraction of sp³-hybridized carbons (Fsp3) is 0.935. The van der Waals surface area contributed by atoms with Crippen LogP contribution < -0.4 is 0 Å². The zero-order chi connectivity index (χ0) is 23.3. The Labute approximate surface area is 199 Å². The lowest BCUT2D eigenvalue weighted by molar-refractivity contribution is -0.157. The Balaban J connectivity index is 1.43. The number of hydrogen-bond acceptors (Lipinski definition) is 1. The number of hydrogen-bond donors (Lipinski definition) is 1. The summed E-state index contributed by atoms with van der Waals surface area (Å²) >= 11 is 0. The van der Waals surface area contributed by atoms with Crippen molar-refractivity contribution in [2.75, 3.05) is 0 Å². The molecular formula is C31H52O. The summed E-state index contributed by atoms with van der Waals surface area (Å²) in [4.78, 5) is 0. The van der Waals surface area contributed by atoms with Gasteiger partial charge in [0.2, 0.25) is 0 Å². The monoisotopic (exact) mass is 440 g/mol. The van der Waals surface area contributed by atoms with Gasteiger partial charge in [-0.2, -0.15) is 0 Å². The van der Waals surface area contributed by atoms with Crippen molar-refractivity contribution < 1.29 is 5.11 Å². The van der Waals surface area contributed by atoms with Crippen LogP contribution in [0.4, 0.5) is 0 Å². The maximum absolute atomic E-state index is 11.6. The highest BCUT2D eigenvalue weighted by molar-refractivity contribution is 5.37. The molecule has 5 rings (SSSR count). The highest BCUT2D eigenvalue weighted by Gasteiger charge is 2.84. The first-order valence-corrected chi connectivity index (χ1v) is 14.2. The second-order valence-electron chi connectivity index (χ2n) is 15.1. The van der Waals surface area contributed by atoms with Crippen molar-refractivity contribution in [2.45, 2.75) is 125 Å². The van der Waals surface area contributed by atoms with E-state index in [1.807, 2.05) is 0 Å². The van der Waals surface area contributed by atoms with Gasteiger partial charge in [-0.15, -0.1) is 0 Å². The molecule has 0 aromatic carbocycles. The fourth-order valence-corrected chi connectivity index (χ4v) is 11.5. The van der Waals surface area contributed by atoms with Crippen molar-refractivity contribution in [3.8, 4) is 0 Å². The lowest BCUT2D eigenvalue weighted by Gasteiger charge is -2.63. The van der Waals surface area contributed by atoms with Crippen molar-refractivity contribution in [3.63, 3.8) is 0 Å². The topological polar surface area (TPSA) is 20.2 Å². The van der Waals surface area contributed by atoms with Crippen LogP contribution in [0.5, 0.6) is 0 Å². The summed E-state index contributed by atoms with van der Waals surface area (Å²) in [6.45, 7) is 22.1. The highest BCUT2D eigenvalue weighted by atomic mass is 16.3. The van der Waals surface area contributed by atoms with Gasteiger partial charge in [0, 0.05) is 5.41 Å². The summed E-state index contributed by atoms with van der Waals surface area (Å²) in [5, 5.41) is 11.6. The quantitative estimate of drug-likeness (QED) is 0.425. The van der Waals surface area contributed by atoms with Crippen molar-refractivity contribution >= 4 is 0 Å². The van der Waals surface area contributed by atoms with Crippen LogP contribution in [0.1, 0.15) is 119 Å². The minimum Gasteiger partial charge on any atom is -0.388 e. The van der Waals surface area contributed by atoms with Crippen molar-refractivity contribution in [1.29, 1.82) is 0 Å². The fourth-order valence-electron chi connectivity index (χ4n) is 11.5. The third kappa shape index (κ3) is 2.73. The summed E-state index contributed by atoms with van der Waals surface area (Å²) in [6, 6.07) is 0. The molecule has 0 aromatic heterocycles. The van der Waals surface area contributed by atoms with Gasteiger partial charge in [0.05, 0.1) is 6.10 Å². The smallest absolute Gasteiger partial charge is 0.0812 e.